The van der Waals surface area contributed by atoms with E-state index in [4.69, 9.17) is 9.47 Å². The van der Waals surface area contributed by atoms with Crippen molar-refractivity contribution < 1.29 is 22.3 Å². The van der Waals surface area contributed by atoms with Crippen LogP contribution in [-0.4, -0.2) is 40.9 Å². The van der Waals surface area contributed by atoms with Gasteiger partial charge in [0.05, 0.1) is 17.6 Å². The monoisotopic (exact) mass is 329 g/mol. The van der Waals surface area contributed by atoms with Crippen LogP contribution in [0.4, 0.5) is 4.39 Å². The summed E-state index contributed by atoms with van der Waals surface area (Å²) in [6, 6.07) is 3.50. The van der Waals surface area contributed by atoms with Crippen LogP contribution in [0.25, 0.3) is 0 Å². The Hall–Kier alpha value is -1.02. The van der Waals surface area contributed by atoms with Crippen molar-refractivity contribution in [1.82, 2.24) is 4.72 Å². The molecule has 2 fully saturated rings. The number of hydrogen-bond donors (Lipinski definition) is 1. The Balaban J connectivity index is 1.81. The van der Waals surface area contributed by atoms with Crippen LogP contribution < -0.4 is 4.72 Å². The van der Waals surface area contributed by atoms with Gasteiger partial charge in [0.15, 0.2) is 0 Å². The number of methoxy groups -OCH3 is 1. The third-order valence-corrected chi connectivity index (χ3v) is 6.22. The van der Waals surface area contributed by atoms with Gasteiger partial charge in [-0.3, -0.25) is 0 Å². The molecule has 1 saturated carbocycles. The molecule has 4 unspecified atom stereocenters. The van der Waals surface area contributed by atoms with Gasteiger partial charge in [0, 0.05) is 31.6 Å². The van der Waals surface area contributed by atoms with Gasteiger partial charge < -0.3 is 9.47 Å². The molecule has 1 N–H and O–H groups in total. The zero-order valence-electron chi connectivity index (χ0n) is 12.6. The lowest BCUT2D eigenvalue weighted by molar-refractivity contribution is -0.0775. The highest BCUT2D eigenvalue weighted by Gasteiger charge is 2.55. The first-order valence-corrected chi connectivity index (χ1v) is 8.81. The van der Waals surface area contributed by atoms with Gasteiger partial charge >= 0.3 is 0 Å². The lowest BCUT2D eigenvalue weighted by atomic mass is 9.68. The largest absolute Gasteiger partial charge is 0.384 e. The van der Waals surface area contributed by atoms with E-state index in [1.807, 2.05) is 0 Å². The molecule has 0 spiro atoms. The molecule has 1 heterocycles. The Bertz CT molecular complexity index is 664. The number of halogens is 1. The maximum Gasteiger partial charge on any atom is 0.241 e. The predicted octanol–water partition coefficient (Wildman–Crippen LogP) is 1.46. The fraction of sp³-hybridized carbons (Fsp3) is 0.600. The summed E-state index contributed by atoms with van der Waals surface area (Å²) in [5.74, 6) is -0.231. The lowest BCUT2D eigenvalue weighted by Crippen LogP contribution is -2.62. The van der Waals surface area contributed by atoms with Crippen LogP contribution in [0.15, 0.2) is 23.1 Å². The molecule has 7 heteroatoms. The summed E-state index contributed by atoms with van der Waals surface area (Å²) in [6.07, 6.45) is 0.919. The van der Waals surface area contributed by atoms with E-state index in [0.29, 0.717) is 18.8 Å². The summed E-state index contributed by atoms with van der Waals surface area (Å²) in [6.45, 7) is 2.70. The van der Waals surface area contributed by atoms with Crippen molar-refractivity contribution in [2.75, 3.05) is 20.3 Å². The van der Waals surface area contributed by atoms with Crippen LogP contribution in [0.5, 0.6) is 0 Å². The van der Waals surface area contributed by atoms with E-state index in [-0.39, 0.29) is 28.9 Å². The topological polar surface area (TPSA) is 64.6 Å². The molecule has 0 aromatic heterocycles. The third kappa shape index (κ3) is 2.67. The molecular formula is C15H20FNO4S. The molecule has 0 amide bonds. The van der Waals surface area contributed by atoms with E-state index in [0.717, 1.165) is 12.5 Å². The summed E-state index contributed by atoms with van der Waals surface area (Å²) in [5, 5.41) is 0. The van der Waals surface area contributed by atoms with Crippen molar-refractivity contribution >= 4 is 10.0 Å². The van der Waals surface area contributed by atoms with E-state index in [2.05, 4.69) is 4.72 Å². The fourth-order valence-corrected chi connectivity index (χ4v) is 5.12. The summed E-state index contributed by atoms with van der Waals surface area (Å²) < 4.78 is 51.9. The van der Waals surface area contributed by atoms with Gasteiger partial charge in [-0.1, -0.05) is 0 Å². The van der Waals surface area contributed by atoms with Gasteiger partial charge in [-0.2, -0.15) is 0 Å². The molecule has 2 aliphatic rings. The van der Waals surface area contributed by atoms with E-state index in [9.17, 15) is 12.8 Å². The van der Waals surface area contributed by atoms with Gasteiger partial charge in [-0.05, 0) is 37.1 Å². The van der Waals surface area contributed by atoms with Gasteiger partial charge in [0.1, 0.15) is 5.82 Å². The maximum atomic E-state index is 13.2. The Kier molecular flexibility index (Phi) is 4.24. The molecule has 1 aliphatic heterocycles. The van der Waals surface area contributed by atoms with Gasteiger partial charge in [-0.25, -0.2) is 17.5 Å². The van der Waals surface area contributed by atoms with E-state index >= 15 is 0 Å². The minimum atomic E-state index is -3.69. The molecule has 1 saturated heterocycles. The minimum absolute atomic E-state index is 0.0213. The first kappa shape index (κ1) is 15.9. The lowest BCUT2D eigenvalue weighted by Gasteiger charge is -2.47. The van der Waals surface area contributed by atoms with Gasteiger partial charge in [-0.15, -0.1) is 0 Å². The number of aryl methyl sites for hydroxylation is 1. The molecule has 122 valence electrons. The number of nitrogens with one attached hydrogen (secondary N) is 1. The number of sulfonamides is 1. The van der Waals surface area contributed by atoms with Crippen molar-refractivity contribution in [2.24, 2.45) is 11.8 Å². The molecule has 3 rings (SSSR count). The standard InChI is InChI=1S/C15H20FNO4S/c1-9-7-10(16)3-4-13(9)22(18,19)17-14-11-5-6-21-15(11)12(14)8-20-2/h3-4,7,11-12,14-15,17H,5-6,8H2,1-2H3. The van der Waals surface area contributed by atoms with E-state index < -0.39 is 15.8 Å². The Labute approximate surface area is 129 Å². The zero-order chi connectivity index (χ0) is 15.9. The molecule has 1 aliphatic carbocycles. The Morgan fingerprint density at radius 3 is 2.91 bits per heavy atom. The Morgan fingerprint density at radius 1 is 1.45 bits per heavy atom. The summed E-state index contributed by atoms with van der Waals surface area (Å²) in [7, 11) is -2.09. The summed E-state index contributed by atoms with van der Waals surface area (Å²) in [5.41, 5.74) is 0.398. The quantitative estimate of drug-likeness (QED) is 0.888. The third-order valence-electron chi connectivity index (χ3n) is 4.60. The number of rotatable bonds is 5. The van der Waals surface area contributed by atoms with Crippen molar-refractivity contribution in [3.05, 3.63) is 29.6 Å². The highest BCUT2D eigenvalue weighted by Crippen LogP contribution is 2.44. The van der Waals surface area contributed by atoms with E-state index in [1.165, 1.54) is 12.1 Å². The maximum absolute atomic E-state index is 13.2. The van der Waals surface area contributed by atoms with Crippen LogP contribution >= 0.6 is 0 Å². The molecule has 1 aromatic carbocycles. The average molecular weight is 329 g/mol. The van der Waals surface area contributed by atoms with Crippen molar-refractivity contribution in [3.63, 3.8) is 0 Å². The van der Waals surface area contributed by atoms with Crippen molar-refractivity contribution in [3.8, 4) is 0 Å². The SMILES string of the molecule is COCC1C(NS(=O)(=O)c2ccc(F)cc2C)C2CCOC21. The number of hydrogen-bond acceptors (Lipinski definition) is 4. The first-order chi connectivity index (χ1) is 10.4. The molecular weight excluding hydrogens is 309 g/mol. The second kappa shape index (κ2) is 5.88. The number of benzene rings is 1. The minimum Gasteiger partial charge on any atom is -0.384 e. The van der Waals surface area contributed by atoms with Crippen LogP contribution in [-0.2, 0) is 19.5 Å². The molecule has 4 atom stereocenters. The summed E-state index contributed by atoms with van der Waals surface area (Å²) >= 11 is 0. The highest BCUT2D eigenvalue weighted by molar-refractivity contribution is 7.89. The first-order valence-electron chi connectivity index (χ1n) is 7.33. The smallest absolute Gasteiger partial charge is 0.241 e. The van der Waals surface area contributed by atoms with Gasteiger partial charge in [0.2, 0.25) is 10.0 Å². The number of ether oxygens (including phenoxy) is 2. The fourth-order valence-electron chi connectivity index (χ4n) is 3.55. The zero-order valence-corrected chi connectivity index (χ0v) is 13.4. The highest BCUT2D eigenvalue weighted by atomic mass is 32.2. The normalized spacial score (nSPS) is 30.9. The van der Waals surface area contributed by atoms with Crippen LogP contribution in [0, 0.1) is 24.6 Å². The number of fused-ring (bicyclic) bond motifs is 1. The van der Waals surface area contributed by atoms with Crippen LogP contribution in [0.1, 0.15) is 12.0 Å². The average Bonchev–Trinajstić information content (AvgIpc) is 2.86. The molecule has 0 bridgehead atoms. The van der Waals surface area contributed by atoms with Crippen molar-refractivity contribution in [1.29, 1.82) is 0 Å². The van der Waals surface area contributed by atoms with Crippen molar-refractivity contribution in [2.45, 2.75) is 30.4 Å². The second-order valence-electron chi connectivity index (χ2n) is 5.96. The van der Waals surface area contributed by atoms with Gasteiger partial charge in [0.25, 0.3) is 0 Å². The molecule has 0 radical (unpaired) electrons. The molecule has 1 aromatic rings. The summed E-state index contributed by atoms with van der Waals surface area (Å²) in [4.78, 5) is 0.118. The molecule has 22 heavy (non-hydrogen) atoms. The van der Waals surface area contributed by atoms with Crippen LogP contribution in [0.2, 0.25) is 0 Å². The van der Waals surface area contributed by atoms with E-state index in [1.54, 1.807) is 14.0 Å². The Morgan fingerprint density at radius 2 is 2.23 bits per heavy atom. The second-order valence-corrected chi connectivity index (χ2v) is 7.65. The van der Waals surface area contributed by atoms with Crippen LogP contribution in [0.3, 0.4) is 0 Å². The molecule has 5 nitrogen and oxygen atoms in total. The predicted molar refractivity (Wildman–Crippen MR) is 78.5 cm³/mol.